The van der Waals surface area contributed by atoms with E-state index in [1.165, 1.54) is 0 Å². The summed E-state index contributed by atoms with van der Waals surface area (Å²) in [5.41, 5.74) is 1.03. The molecule has 108 valence electrons. The number of carbonyl (C=O) groups is 1. The minimum atomic E-state index is -0.199. The highest BCUT2D eigenvalue weighted by molar-refractivity contribution is 5.93. The molecule has 0 aliphatic carbocycles. The van der Waals surface area contributed by atoms with Gasteiger partial charge in [0.25, 0.3) is 5.91 Å². The summed E-state index contributed by atoms with van der Waals surface area (Å²) in [5.74, 6) is 0.455. The number of rotatable bonds is 6. The van der Waals surface area contributed by atoms with Gasteiger partial charge in [-0.2, -0.15) is 5.10 Å². The molecule has 3 aromatic heterocycles. The number of aromatic nitrogens is 4. The third-order valence-electron chi connectivity index (χ3n) is 3.03. The topological polar surface area (TPSA) is 88.7 Å². The SMILES string of the molecule is O=C(NCCCn1ccnc1)c1cc(-c2ccco2)[nH]n1. The normalized spacial score (nSPS) is 10.7. The summed E-state index contributed by atoms with van der Waals surface area (Å²) in [6, 6.07) is 5.26. The Bertz CT molecular complexity index is 685. The molecule has 3 heterocycles. The number of hydrogen-bond donors (Lipinski definition) is 2. The van der Waals surface area contributed by atoms with Crippen molar-refractivity contribution in [1.29, 1.82) is 0 Å². The highest BCUT2D eigenvalue weighted by Gasteiger charge is 2.11. The Morgan fingerprint density at radius 3 is 3.19 bits per heavy atom. The van der Waals surface area contributed by atoms with Crippen LogP contribution in [0.1, 0.15) is 16.9 Å². The zero-order valence-electron chi connectivity index (χ0n) is 11.3. The quantitative estimate of drug-likeness (QED) is 0.674. The lowest BCUT2D eigenvalue weighted by Crippen LogP contribution is -2.25. The maximum Gasteiger partial charge on any atom is 0.271 e. The lowest BCUT2D eigenvalue weighted by atomic mass is 10.3. The summed E-state index contributed by atoms with van der Waals surface area (Å²) in [6.07, 6.45) is 7.79. The molecular weight excluding hydrogens is 270 g/mol. The third kappa shape index (κ3) is 3.19. The number of aryl methyl sites for hydroxylation is 1. The molecule has 7 nitrogen and oxygen atoms in total. The first-order valence-electron chi connectivity index (χ1n) is 6.66. The molecule has 0 saturated carbocycles. The van der Waals surface area contributed by atoms with Crippen molar-refractivity contribution in [2.75, 3.05) is 6.54 Å². The van der Waals surface area contributed by atoms with Crippen molar-refractivity contribution >= 4 is 5.91 Å². The van der Waals surface area contributed by atoms with Crippen LogP contribution in [0.3, 0.4) is 0 Å². The van der Waals surface area contributed by atoms with E-state index in [4.69, 9.17) is 4.42 Å². The van der Waals surface area contributed by atoms with Crippen LogP contribution in [0.5, 0.6) is 0 Å². The number of hydrogen-bond acceptors (Lipinski definition) is 4. The van der Waals surface area contributed by atoms with Crippen molar-refractivity contribution in [3.05, 3.63) is 48.9 Å². The highest BCUT2D eigenvalue weighted by Crippen LogP contribution is 2.17. The molecule has 0 aromatic carbocycles. The van der Waals surface area contributed by atoms with Gasteiger partial charge >= 0.3 is 0 Å². The first-order chi connectivity index (χ1) is 10.3. The monoisotopic (exact) mass is 285 g/mol. The molecule has 7 heteroatoms. The number of furan rings is 1. The summed E-state index contributed by atoms with van der Waals surface area (Å²) >= 11 is 0. The number of nitrogens with one attached hydrogen (secondary N) is 2. The van der Waals surface area contributed by atoms with E-state index in [1.807, 2.05) is 10.8 Å². The van der Waals surface area contributed by atoms with Gasteiger partial charge in [0, 0.05) is 31.5 Å². The zero-order valence-corrected chi connectivity index (χ0v) is 11.3. The van der Waals surface area contributed by atoms with Gasteiger partial charge in [-0.15, -0.1) is 0 Å². The summed E-state index contributed by atoms with van der Waals surface area (Å²) in [4.78, 5) is 15.9. The van der Waals surface area contributed by atoms with Crippen molar-refractivity contribution in [3.63, 3.8) is 0 Å². The lowest BCUT2D eigenvalue weighted by Gasteiger charge is -2.03. The second kappa shape index (κ2) is 6.08. The molecule has 0 aliphatic rings. The molecule has 0 radical (unpaired) electrons. The molecule has 0 bridgehead atoms. The maximum atomic E-state index is 11.9. The first kappa shape index (κ1) is 13.2. The van der Waals surface area contributed by atoms with Crippen LogP contribution in [0, 0.1) is 0 Å². The molecule has 0 aliphatic heterocycles. The number of aromatic amines is 1. The van der Waals surface area contributed by atoms with E-state index < -0.39 is 0 Å². The van der Waals surface area contributed by atoms with E-state index in [0.717, 1.165) is 13.0 Å². The summed E-state index contributed by atoms with van der Waals surface area (Å²) < 4.78 is 7.21. The van der Waals surface area contributed by atoms with Crippen LogP contribution in [0.4, 0.5) is 0 Å². The van der Waals surface area contributed by atoms with E-state index in [9.17, 15) is 4.79 Å². The summed E-state index contributed by atoms with van der Waals surface area (Å²) in [7, 11) is 0. The zero-order chi connectivity index (χ0) is 14.5. The Morgan fingerprint density at radius 2 is 2.43 bits per heavy atom. The molecule has 21 heavy (non-hydrogen) atoms. The van der Waals surface area contributed by atoms with E-state index in [0.29, 0.717) is 23.7 Å². The Balaban J connectivity index is 1.49. The number of imidazole rings is 1. The van der Waals surface area contributed by atoms with Crippen molar-refractivity contribution in [1.82, 2.24) is 25.1 Å². The Labute approximate surface area is 121 Å². The molecule has 1 amide bonds. The van der Waals surface area contributed by atoms with Crippen molar-refractivity contribution in [2.45, 2.75) is 13.0 Å². The predicted octanol–water partition coefficient (Wildman–Crippen LogP) is 1.69. The van der Waals surface area contributed by atoms with Crippen LogP contribution in [-0.2, 0) is 6.54 Å². The van der Waals surface area contributed by atoms with Crippen molar-refractivity contribution in [3.8, 4) is 11.5 Å². The number of nitrogens with zero attached hydrogens (tertiary/aromatic N) is 3. The summed E-state index contributed by atoms with van der Waals surface area (Å²) in [5, 5.41) is 9.61. The minimum absolute atomic E-state index is 0.199. The third-order valence-corrected chi connectivity index (χ3v) is 3.03. The van der Waals surface area contributed by atoms with Gasteiger partial charge < -0.3 is 14.3 Å². The van der Waals surface area contributed by atoms with Gasteiger partial charge in [0.2, 0.25) is 0 Å². The fourth-order valence-corrected chi connectivity index (χ4v) is 1.97. The molecule has 0 fully saturated rings. The standard InChI is InChI=1S/C14H15N5O2/c20-14(16-4-2-6-19-7-5-15-10-19)12-9-11(17-18-12)13-3-1-8-21-13/h1,3,5,7-10H,2,4,6H2,(H,16,20)(H,17,18). The van der Waals surface area contributed by atoms with Crippen LogP contribution < -0.4 is 5.32 Å². The van der Waals surface area contributed by atoms with Gasteiger partial charge in [-0.25, -0.2) is 4.98 Å². The molecule has 0 spiro atoms. The van der Waals surface area contributed by atoms with E-state index in [2.05, 4.69) is 20.5 Å². The van der Waals surface area contributed by atoms with Gasteiger partial charge in [0.05, 0.1) is 12.6 Å². The molecule has 2 N–H and O–H groups in total. The smallest absolute Gasteiger partial charge is 0.271 e. The number of carbonyl (C=O) groups excluding carboxylic acids is 1. The molecule has 3 rings (SSSR count). The van der Waals surface area contributed by atoms with Gasteiger partial charge in [-0.3, -0.25) is 9.89 Å². The Hall–Kier alpha value is -2.83. The fourth-order valence-electron chi connectivity index (χ4n) is 1.97. The van der Waals surface area contributed by atoms with Crippen molar-refractivity contribution in [2.24, 2.45) is 0 Å². The minimum Gasteiger partial charge on any atom is -0.463 e. The molecular formula is C14H15N5O2. The van der Waals surface area contributed by atoms with Crippen LogP contribution in [0.15, 0.2) is 47.6 Å². The van der Waals surface area contributed by atoms with Gasteiger partial charge in [0.15, 0.2) is 11.5 Å². The Morgan fingerprint density at radius 1 is 1.48 bits per heavy atom. The summed E-state index contributed by atoms with van der Waals surface area (Å²) in [6.45, 7) is 1.40. The van der Waals surface area contributed by atoms with Gasteiger partial charge in [-0.05, 0) is 18.6 Å². The van der Waals surface area contributed by atoms with Gasteiger partial charge in [-0.1, -0.05) is 0 Å². The molecule has 0 atom stereocenters. The molecule has 0 saturated heterocycles. The van der Waals surface area contributed by atoms with E-state index >= 15 is 0 Å². The number of amides is 1. The maximum absolute atomic E-state index is 11.9. The van der Waals surface area contributed by atoms with E-state index in [-0.39, 0.29) is 5.91 Å². The highest BCUT2D eigenvalue weighted by atomic mass is 16.3. The van der Waals surface area contributed by atoms with Crippen molar-refractivity contribution < 1.29 is 9.21 Å². The second-order valence-corrected chi connectivity index (χ2v) is 4.55. The second-order valence-electron chi connectivity index (χ2n) is 4.55. The average molecular weight is 285 g/mol. The molecule has 3 aromatic rings. The van der Waals surface area contributed by atoms with Crippen LogP contribution in [0.25, 0.3) is 11.5 Å². The number of H-pyrrole nitrogens is 1. The van der Waals surface area contributed by atoms with Crippen LogP contribution >= 0.6 is 0 Å². The Kier molecular flexibility index (Phi) is 3.81. The largest absolute Gasteiger partial charge is 0.463 e. The van der Waals surface area contributed by atoms with Gasteiger partial charge in [0.1, 0.15) is 5.69 Å². The first-order valence-corrected chi connectivity index (χ1v) is 6.66. The fraction of sp³-hybridized carbons (Fsp3) is 0.214. The molecule has 0 unspecified atom stereocenters. The average Bonchev–Trinajstić information content (AvgIpc) is 3.25. The van der Waals surface area contributed by atoms with Crippen LogP contribution in [0.2, 0.25) is 0 Å². The van der Waals surface area contributed by atoms with Crippen LogP contribution in [-0.4, -0.2) is 32.2 Å². The van der Waals surface area contributed by atoms with E-state index in [1.54, 1.807) is 37.0 Å². The predicted molar refractivity (Wildman–Crippen MR) is 75.5 cm³/mol. The lowest BCUT2D eigenvalue weighted by molar-refractivity contribution is 0.0947.